The first kappa shape index (κ1) is 42.2. The fourth-order valence-electron chi connectivity index (χ4n) is 12.3. The molecule has 9 aromatic carbocycles. The summed E-state index contributed by atoms with van der Waals surface area (Å²) in [7, 11) is 0. The summed E-state index contributed by atoms with van der Waals surface area (Å²) in [6, 6.07) is 76.5. The molecule has 4 unspecified atom stereocenters. The Kier molecular flexibility index (Phi) is 10.2. The van der Waals surface area contributed by atoms with Gasteiger partial charge in [-0.15, -0.1) is 0 Å². The Bertz CT molecular complexity index is 3670. The first-order chi connectivity index (χ1) is 34.4. The topological polar surface area (TPSA) is 17.0 Å². The number of fused-ring (bicyclic) bond motifs is 4. The predicted octanol–water partition coefficient (Wildman–Crippen LogP) is 18.6. The van der Waals surface area contributed by atoms with Crippen molar-refractivity contribution in [3.05, 3.63) is 251 Å². The van der Waals surface area contributed by atoms with Gasteiger partial charge in [0, 0.05) is 33.4 Å². The number of allylic oxidation sites excluding steroid dienone is 4. The fourth-order valence-corrected chi connectivity index (χ4v) is 12.3. The Balaban J connectivity index is 0.991. The van der Waals surface area contributed by atoms with Crippen molar-refractivity contribution in [2.45, 2.75) is 64.2 Å². The number of para-hydroxylation sites is 2. The summed E-state index contributed by atoms with van der Waals surface area (Å²) in [4.78, 5) is 0. The number of hydrogen-bond donors (Lipinski definition) is 1. The van der Waals surface area contributed by atoms with Gasteiger partial charge in [0.05, 0.1) is 11.0 Å². The highest BCUT2D eigenvalue weighted by molar-refractivity contribution is 6.14. The van der Waals surface area contributed by atoms with Crippen LogP contribution in [0.4, 0.5) is 5.69 Å². The van der Waals surface area contributed by atoms with Gasteiger partial charge in [-0.3, -0.25) is 0 Å². The molecule has 0 bridgehead atoms. The van der Waals surface area contributed by atoms with Crippen molar-refractivity contribution in [2.24, 2.45) is 0 Å². The van der Waals surface area contributed by atoms with E-state index in [1.165, 1.54) is 122 Å². The maximum absolute atomic E-state index is 3.93. The van der Waals surface area contributed by atoms with Gasteiger partial charge in [0.1, 0.15) is 0 Å². The molecule has 4 atom stereocenters. The molecular weight excluding hydrogens is 845 g/mol. The van der Waals surface area contributed by atoms with Crippen molar-refractivity contribution in [2.75, 3.05) is 5.32 Å². The van der Waals surface area contributed by atoms with E-state index >= 15 is 0 Å². The molecule has 3 aliphatic carbocycles. The van der Waals surface area contributed by atoms with Crippen molar-refractivity contribution in [1.29, 1.82) is 0 Å². The maximum Gasteiger partial charge on any atom is 0.0582 e. The Morgan fingerprint density at radius 2 is 0.886 bits per heavy atom. The number of hydrogen-bond acceptors (Lipinski definition) is 1. The van der Waals surface area contributed by atoms with E-state index in [1.54, 1.807) is 0 Å². The number of anilines is 1. The lowest BCUT2D eigenvalue weighted by Gasteiger charge is -2.42. The van der Waals surface area contributed by atoms with Crippen molar-refractivity contribution < 1.29 is 0 Å². The van der Waals surface area contributed by atoms with Gasteiger partial charge in [-0.25, -0.2) is 0 Å². The minimum atomic E-state index is 0.280. The van der Waals surface area contributed by atoms with Crippen LogP contribution in [0.5, 0.6) is 0 Å². The summed E-state index contributed by atoms with van der Waals surface area (Å²) in [5, 5.41) is 6.60. The highest BCUT2D eigenvalue weighted by Crippen LogP contribution is 2.60. The van der Waals surface area contributed by atoms with E-state index in [1.807, 2.05) is 0 Å². The molecule has 13 rings (SSSR count). The van der Waals surface area contributed by atoms with Gasteiger partial charge >= 0.3 is 0 Å². The van der Waals surface area contributed by atoms with E-state index < -0.39 is 0 Å². The van der Waals surface area contributed by atoms with Crippen LogP contribution in [0.2, 0.25) is 0 Å². The second-order valence-electron chi connectivity index (χ2n) is 20.2. The zero-order valence-electron chi connectivity index (χ0n) is 40.4. The van der Waals surface area contributed by atoms with Crippen LogP contribution in [0.1, 0.15) is 97.6 Å². The molecular formula is C68H56N2. The molecule has 1 aromatic heterocycles. The van der Waals surface area contributed by atoms with E-state index in [9.17, 15) is 0 Å². The molecule has 0 saturated heterocycles. The van der Waals surface area contributed by atoms with E-state index in [0.29, 0.717) is 17.8 Å². The maximum atomic E-state index is 3.93. The highest BCUT2D eigenvalue weighted by Gasteiger charge is 2.41. The predicted molar refractivity (Wildman–Crippen MR) is 297 cm³/mol. The summed E-state index contributed by atoms with van der Waals surface area (Å²) in [5.41, 5.74) is 27.9. The van der Waals surface area contributed by atoms with Crippen molar-refractivity contribution in [1.82, 2.24) is 4.57 Å². The highest BCUT2D eigenvalue weighted by atomic mass is 15.0. The second-order valence-corrected chi connectivity index (χ2v) is 20.2. The summed E-state index contributed by atoms with van der Waals surface area (Å²) in [6.07, 6.45) is 4.42. The Morgan fingerprint density at radius 3 is 1.49 bits per heavy atom. The third kappa shape index (κ3) is 6.91. The molecule has 2 heteroatoms. The van der Waals surface area contributed by atoms with E-state index in [-0.39, 0.29) is 5.92 Å². The lowest BCUT2D eigenvalue weighted by atomic mass is 9.62. The van der Waals surface area contributed by atoms with Gasteiger partial charge in [0.15, 0.2) is 0 Å². The van der Waals surface area contributed by atoms with Gasteiger partial charge in [0.25, 0.3) is 0 Å². The van der Waals surface area contributed by atoms with E-state index in [0.717, 1.165) is 18.5 Å². The number of aromatic nitrogens is 1. The average molecular weight is 901 g/mol. The van der Waals surface area contributed by atoms with Gasteiger partial charge in [-0.05, 0) is 169 Å². The minimum Gasteiger partial charge on any atom is -0.358 e. The van der Waals surface area contributed by atoms with Gasteiger partial charge in [-0.2, -0.15) is 0 Å². The minimum absolute atomic E-state index is 0.280. The molecule has 0 spiro atoms. The van der Waals surface area contributed by atoms with Crippen LogP contribution >= 0.6 is 0 Å². The zero-order chi connectivity index (χ0) is 47.0. The van der Waals surface area contributed by atoms with Crippen molar-refractivity contribution >= 4 is 38.6 Å². The average Bonchev–Trinajstić information content (AvgIpc) is 3.75. The van der Waals surface area contributed by atoms with Gasteiger partial charge in [0.2, 0.25) is 0 Å². The molecule has 0 aliphatic heterocycles. The van der Waals surface area contributed by atoms with Crippen LogP contribution in [-0.2, 0) is 0 Å². The molecule has 0 radical (unpaired) electrons. The fraction of sp³-hybridized carbons (Fsp3) is 0.147. The Morgan fingerprint density at radius 1 is 0.400 bits per heavy atom. The lowest BCUT2D eigenvalue weighted by molar-refractivity contribution is 0.582. The smallest absolute Gasteiger partial charge is 0.0582 e. The summed E-state index contributed by atoms with van der Waals surface area (Å²) in [6.45, 7) is 9.97. The van der Waals surface area contributed by atoms with Crippen LogP contribution < -0.4 is 5.32 Å². The van der Waals surface area contributed by atoms with Crippen LogP contribution in [0, 0.1) is 0 Å². The largest absolute Gasteiger partial charge is 0.358 e. The SMILES string of the molecule is CC1c2cc(C3=C(Nc4ccccc4)CCC(c4ccc(-c5ccccc5)cc4)=C3)cc3c2-c2c(cc4c5cc(-c6ccc(-c7ccccc7)cc6)ccc5n(-c5ccccc5)c4c2C(C)C3C)C1C. The molecule has 1 heterocycles. The van der Waals surface area contributed by atoms with Crippen LogP contribution in [0.25, 0.3) is 83.1 Å². The van der Waals surface area contributed by atoms with E-state index in [2.05, 4.69) is 250 Å². The molecule has 0 fully saturated rings. The number of nitrogens with zero attached hydrogens (tertiary/aromatic N) is 1. The van der Waals surface area contributed by atoms with Crippen LogP contribution in [0.3, 0.4) is 0 Å². The van der Waals surface area contributed by atoms with Crippen molar-refractivity contribution in [3.63, 3.8) is 0 Å². The molecule has 0 saturated carbocycles. The first-order valence-electron chi connectivity index (χ1n) is 25.3. The van der Waals surface area contributed by atoms with E-state index in [4.69, 9.17) is 0 Å². The van der Waals surface area contributed by atoms with Crippen molar-refractivity contribution in [3.8, 4) is 50.2 Å². The van der Waals surface area contributed by atoms with Crippen LogP contribution in [0.15, 0.2) is 218 Å². The summed E-state index contributed by atoms with van der Waals surface area (Å²) < 4.78 is 2.58. The van der Waals surface area contributed by atoms with Gasteiger partial charge < -0.3 is 9.88 Å². The summed E-state index contributed by atoms with van der Waals surface area (Å²) in [5.74, 6) is 1.23. The lowest BCUT2D eigenvalue weighted by Crippen LogP contribution is -2.24. The Hall–Kier alpha value is -7.94. The molecule has 3 aliphatic rings. The quantitative estimate of drug-likeness (QED) is 0.161. The number of rotatable bonds is 8. The van der Waals surface area contributed by atoms with Gasteiger partial charge in [-0.1, -0.05) is 191 Å². The molecule has 338 valence electrons. The molecule has 2 nitrogen and oxygen atoms in total. The number of benzene rings is 9. The first-order valence-corrected chi connectivity index (χ1v) is 25.3. The normalized spacial score (nSPS) is 18.2. The second kappa shape index (κ2) is 16.9. The monoisotopic (exact) mass is 900 g/mol. The molecule has 70 heavy (non-hydrogen) atoms. The molecule has 0 amide bonds. The third-order valence-corrected chi connectivity index (χ3v) is 16.4. The van der Waals surface area contributed by atoms with Crippen LogP contribution in [-0.4, -0.2) is 4.57 Å². The number of nitrogens with one attached hydrogen (secondary N) is 1. The zero-order valence-corrected chi connectivity index (χ0v) is 40.4. The molecule has 10 aromatic rings. The standard InChI is InChI=1S/C68H56N2/c1-42-43(2)59-41-62-61-38-53(51-31-27-49(28-32-51)47-19-11-6-12-20-47)34-36-64(61)70(56-23-15-8-16-24-56)68(62)65-45(4)44(3)58-40-54(39-57(42)66(58)67(59)65)60-37-52(33-35-63(60)69-55-21-13-7-14-22-55)50-29-25-48(26-30-50)46-17-9-5-10-18-46/h5-32,34,36-45,69H,33,35H2,1-4H3. The molecule has 1 N–H and O–H groups in total. The third-order valence-electron chi connectivity index (χ3n) is 16.4. The Labute approximate surface area is 412 Å². The summed E-state index contributed by atoms with van der Waals surface area (Å²) >= 11 is 0.